The number of aliphatic hydroxyl groups is 1. The zero-order valence-corrected chi connectivity index (χ0v) is 14.5. The van der Waals surface area contributed by atoms with Crippen molar-refractivity contribution in [3.8, 4) is 5.69 Å². The molecule has 0 spiro atoms. The molecular weight excluding hydrogens is 344 g/mol. The first-order chi connectivity index (χ1) is 12.1. The maximum Gasteiger partial charge on any atom is 0.354 e. The van der Waals surface area contributed by atoms with E-state index in [2.05, 4.69) is 39.4 Å². The van der Waals surface area contributed by atoms with Crippen molar-refractivity contribution in [2.24, 2.45) is 0 Å². The van der Waals surface area contributed by atoms with Crippen LogP contribution >= 0.6 is 11.6 Å². The van der Waals surface area contributed by atoms with Gasteiger partial charge in [0.15, 0.2) is 5.03 Å². The number of cyclic esters (lactones) is 1. The largest absolute Gasteiger partial charge is 0.425 e. The lowest BCUT2D eigenvalue weighted by atomic mass is 10.1. The summed E-state index contributed by atoms with van der Waals surface area (Å²) in [6, 6.07) is 8.19. The number of hydrogen-bond donors (Lipinski definition) is 2. The first-order valence-corrected chi connectivity index (χ1v) is 8.49. The van der Waals surface area contributed by atoms with E-state index in [9.17, 15) is 9.90 Å². The summed E-state index contributed by atoms with van der Waals surface area (Å²) >= 11 is 5.78. The van der Waals surface area contributed by atoms with Gasteiger partial charge in [-0.25, -0.2) is 9.48 Å². The third-order valence-corrected chi connectivity index (χ3v) is 4.26. The van der Waals surface area contributed by atoms with Crippen LogP contribution in [0, 0.1) is 0 Å². The Labute approximate surface area is 150 Å². The predicted molar refractivity (Wildman–Crippen MR) is 91.8 cm³/mol. The molecule has 132 valence electrons. The fourth-order valence-corrected chi connectivity index (χ4v) is 2.69. The molecule has 0 saturated carbocycles. The van der Waals surface area contributed by atoms with Crippen LogP contribution in [0.1, 0.15) is 31.0 Å². The van der Waals surface area contributed by atoms with E-state index in [-0.39, 0.29) is 17.3 Å². The quantitative estimate of drug-likeness (QED) is 0.732. The third-order valence-electron chi connectivity index (χ3n) is 3.90. The van der Waals surface area contributed by atoms with Crippen molar-refractivity contribution < 1.29 is 14.6 Å². The Morgan fingerprint density at radius 2 is 2.12 bits per heavy atom. The highest BCUT2D eigenvalue weighted by Gasteiger charge is 2.31. The molecule has 1 unspecified atom stereocenters. The number of hydrogen-bond acceptors (Lipinski definition) is 6. The van der Waals surface area contributed by atoms with Gasteiger partial charge in [-0.3, -0.25) is 0 Å². The Morgan fingerprint density at radius 1 is 1.36 bits per heavy atom. The fourth-order valence-electron chi connectivity index (χ4n) is 2.48. The van der Waals surface area contributed by atoms with E-state index in [1.165, 1.54) is 18.4 Å². The molecule has 1 aliphatic heterocycles. The molecule has 0 saturated heterocycles. The zero-order chi connectivity index (χ0) is 17.8. The van der Waals surface area contributed by atoms with Crippen molar-refractivity contribution in [3.05, 3.63) is 52.4 Å². The summed E-state index contributed by atoms with van der Waals surface area (Å²) in [7, 11) is 0. The molecule has 2 aromatic rings. The van der Waals surface area contributed by atoms with E-state index < -0.39 is 12.3 Å². The van der Waals surface area contributed by atoms with Crippen molar-refractivity contribution in [2.45, 2.75) is 39.0 Å². The fraction of sp³-hybridized carbons (Fsp3) is 0.353. The van der Waals surface area contributed by atoms with Gasteiger partial charge in [0.25, 0.3) is 0 Å². The van der Waals surface area contributed by atoms with Gasteiger partial charge in [-0.2, -0.15) is 0 Å². The molecule has 0 bridgehead atoms. The minimum atomic E-state index is -1.37. The number of nitrogens with zero attached hydrogens (tertiary/aromatic N) is 3. The number of nitrogens with one attached hydrogen (secondary N) is 1. The number of esters is 1. The van der Waals surface area contributed by atoms with Crippen LogP contribution in [0.15, 0.2) is 41.2 Å². The van der Waals surface area contributed by atoms with E-state index in [1.54, 1.807) is 10.9 Å². The lowest BCUT2D eigenvalue weighted by molar-refractivity contribution is -0.151. The molecule has 25 heavy (non-hydrogen) atoms. The Morgan fingerprint density at radius 3 is 2.76 bits per heavy atom. The summed E-state index contributed by atoms with van der Waals surface area (Å²) in [5, 5.41) is 20.5. The highest BCUT2D eigenvalue weighted by molar-refractivity contribution is 6.42. The Bertz CT molecular complexity index is 785. The number of rotatable bonds is 7. The third kappa shape index (κ3) is 4.00. The second-order valence-corrected chi connectivity index (χ2v) is 6.14. The summed E-state index contributed by atoms with van der Waals surface area (Å²) in [6.45, 7) is 2.43. The summed E-state index contributed by atoms with van der Waals surface area (Å²) in [5.74, 6) is -0.747. The van der Waals surface area contributed by atoms with Gasteiger partial charge >= 0.3 is 5.97 Å². The second kappa shape index (κ2) is 7.67. The smallest absolute Gasteiger partial charge is 0.354 e. The van der Waals surface area contributed by atoms with Crippen LogP contribution in [0.3, 0.4) is 0 Å². The monoisotopic (exact) mass is 362 g/mol. The van der Waals surface area contributed by atoms with Crippen molar-refractivity contribution in [3.63, 3.8) is 0 Å². The maximum absolute atomic E-state index is 11.2. The summed E-state index contributed by atoms with van der Waals surface area (Å²) < 4.78 is 6.26. The summed E-state index contributed by atoms with van der Waals surface area (Å²) in [5.41, 5.74) is 2.99. The highest BCUT2D eigenvalue weighted by atomic mass is 35.5. The van der Waals surface area contributed by atoms with Crippen LogP contribution in [0.2, 0.25) is 0 Å². The SMILES string of the molecule is CCCCc1ccc(-n2cc(CNC3=C(Cl)C(=O)OC3O)nn2)cc1. The van der Waals surface area contributed by atoms with E-state index >= 15 is 0 Å². The Balaban J connectivity index is 1.63. The van der Waals surface area contributed by atoms with Gasteiger partial charge in [0, 0.05) is 0 Å². The van der Waals surface area contributed by atoms with Crippen LogP contribution in [0.5, 0.6) is 0 Å². The molecule has 1 aliphatic rings. The molecule has 0 amide bonds. The number of aliphatic hydroxyl groups excluding tert-OH is 1. The minimum absolute atomic E-state index is 0.140. The van der Waals surface area contributed by atoms with Crippen LogP contribution in [-0.2, 0) is 22.5 Å². The first kappa shape index (κ1) is 17.4. The number of halogens is 1. The summed E-state index contributed by atoms with van der Waals surface area (Å²) in [6.07, 6.45) is 3.82. The molecule has 7 nitrogen and oxygen atoms in total. The molecule has 2 heterocycles. The summed E-state index contributed by atoms with van der Waals surface area (Å²) in [4.78, 5) is 11.2. The molecular formula is C17H19ClN4O3. The van der Waals surface area contributed by atoms with Gasteiger partial charge in [0.1, 0.15) is 11.4 Å². The molecule has 1 atom stereocenters. The van der Waals surface area contributed by atoms with Crippen molar-refractivity contribution in [1.82, 2.24) is 20.3 Å². The van der Waals surface area contributed by atoms with Crippen molar-refractivity contribution in [1.29, 1.82) is 0 Å². The molecule has 0 aliphatic carbocycles. The lowest BCUT2D eigenvalue weighted by Crippen LogP contribution is -2.22. The first-order valence-electron chi connectivity index (χ1n) is 8.11. The van der Waals surface area contributed by atoms with E-state index in [4.69, 9.17) is 11.6 Å². The van der Waals surface area contributed by atoms with E-state index in [0.717, 1.165) is 12.1 Å². The molecule has 1 aromatic carbocycles. The topological polar surface area (TPSA) is 89.3 Å². The average molecular weight is 363 g/mol. The van der Waals surface area contributed by atoms with E-state index in [1.807, 2.05) is 12.1 Å². The number of benzene rings is 1. The minimum Gasteiger partial charge on any atom is -0.425 e. The lowest BCUT2D eigenvalue weighted by Gasteiger charge is -2.08. The van der Waals surface area contributed by atoms with Gasteiger partial charge < -0.3 is 15.2 Å². The zero-order valence-electron chi connectivity index (χ0n) is 13.8. The predicted octanol–water partition coefficient (Wildman–Crippen LogP) is 2.03. The molecule has 3 rings (SSSR count). The number of aryl methyl sites for hydroxylation is 1. The van der Waals surface area contributed by atoms with Crippen molar-refractivity contribution >= 4 is 17.6 Å². The number of carbonyl (C=O) groups is 1. The molecule has 2 N–H and O–H groups in total. The maximum atomic E-state index is 11.2. The number of carbonyl (C=O) groups excluding carboxylic acids is 1. The molecule has 0 fully saturated rings. The van der Waals surface area contributed by atoms with Gasteiger partial charge in [0.05, 0.1) is 18.4 Å². The average Bonchev–Trinajstić information content (AvgIpc) is 3.17. The number of ether oxygens (including phenoxy) is 1. The molecule has 1 aromatic heterocycles. The van der Waals surface area contributed by atoms with Crippen LogP contribution < -0.4 is 5.32 Å². The van der Waals surface area contributed by atoms with Gasteiger partial charge in [-0.1, -0.05) is 42.3 Å². The van der Waals surface area contributed by atoms with Gasteiger partial charge in [0.2, 0.25) is 6.29 Å². The van der Waals surface area contributed by atoms with Crippen LogP contribution in [0.25, 0.3) is 5.69 Å². The second-order valence-electron chi connectivity index (χ2n) is 5.76. The Kier molecular flexibility index (Phi) is 5.35. The molecule has 8 heteroatoms. The molecule has 0 radical (unpaired) electrons. The van der Waals surface area contributed by atoms with Gasteiger partial charge in [-0.05, 0) is 30.5 Å². The normalized spacial score (nSPS) is 17.1. The highest BCUT2D eigenvalue weighted by Crippen LogP contribution is 2.22. The Hall–Kier alpha value is -2.38. The van der Waals surface area contributed by atoms with E-state index in [0.29, 0.717) is 5.69 Å². The van der Waals surface area contributed by atoms with Gasteiger partial charge in [-0.15, -0.1) is 5.10 Å². The van der Waals surface area contributed by atoms with Crippen LogP contribution in [-0.4, -0.2) is 32.4 Å². The number of aromatic nitrogens is 3. The van der Waals surface area contributed by atoms with Crippen molar-refractivity contribution in [2.75, 3.05) is 0 Å². The standard InChI is InChI=1S/C17H19ClN4O3/c1-2-3-4-11-5-7-13(8-6-11)22-10-12(20-21-22)9-19-15-14(18)16(23)25-17(15)24/h5-8,10,17,19,24H,2-4,9H2,1H3. The van der Waals surface area contributed by atoms with Crippen LogP contribution in [0.4, 0.5) is 0 Å². The number of unbranched alkanes of at least 4 members (excludes halogenated alkanes) is 1.